The molecule has 0 saturated carbocycles. The number of rotatable bonds is 9. The van der Waals surface area contributed by atoms with Crippen molar-refractivity contribution in [1.82, 2.24) is 4.90 Å². The number of carbonyl (C=O) groups is 1. The molecule has 0 aliphatic rings. The first-order valence-electron chi connectivity index (χ1n) is 9.88. The summed E-state index contributed by atoms with van der Waals surface area (Å²) in [5.41, 5.74) is 6.83. The lowest BCUT2D eigenvalue weighted by molar-refractivity contribution is 0.0740. The van der Waals surface area contributed by atoms with Crippen LogP contribution in [0.4, 0.5) is 13.2 Å². The number of hydrogen-bond donors (Lipinski definition) is 1. The minimum absolute atomic E-state index is 0.105. The highest BCUT2D eigenvalue weighted by Gasteiger charge is 2.20. The SMILES string of the molecule is NCCCN(Cc1ccc(F)c(F)c1F)C(=O)c1ccc(OCc2ccccc2)cc1. The molecule has 0 aromatic heterocycles. The summed E-state index contributed by atoms with van der Waals surface area (Å²) in [4.78, 5) is 14.3. The third-order valence-electron chi connectivity index (χ3n) is 4.75. The molecule has 4 nitrogen and oxygen atoms in total. The maximum absolute atomic E-state index is 14.1. The van der Waals surface area contributed by atoms with Crippen LogP contribution in [0.1, 0.15) is 27.9 Å². The van der Waals surface area contributed by atoms with Crippen molar-refractivity contribution in [1.29, 1.82) is 0 Å². The van der Waals surface area contributed by atoms with Crippen LogP contribution in [-0.2, 0) is 13.2 Å². The molecule has 162 valence electrons. The Kier molecular flexibility index (Phi) is 7.67. The van der Waals surface area contributed by atoms with E-state index in [9.17, 15) is 18.0 Å². The molecule has 31 heavy (non-hydrogen) atoms. The van der Waals surface area contributed by atoms with Crippen LogP contribution in [-0.4, -0.2) is 23.9 Å². The first-order valence-corrected chi connectivity index (χ1v) is 9.88. The molecule has 0 spiro atoms. The van der Waals surface area contributed by atoms with Gasteiger partial charge in [-0.3, -0.25) is 4.79 Å². The quantitative estimate of drug-likeness (QED) is 0.504. The lowest BCUT2D eigenvalue weighted by Crippen LogP contribution is -2.33. The maximum Gasteiger partial charge on any atom is 0.254 e. The van der Waals surface area contributed by atoms with Gasteiger partial charge in [0.25, 0.3) is 5.91 Å². The molecule has 0 fully saturated rings. The Balaban J connectivity index is 1.71. The van der Waals surface area contributed by atoms with Crippen LogP contribution >= 0.6 is 0 Å². The van der Waals surface area contributed by atoms with Crippen molar-refractivity contribution in [2.24, 2.45) is 5.73 Å². The number of amides is 1. The van der Waals surface area contributed by atoms with Crippen molar-refractivity contribution in [2.75, 3.05) is 13.1 Å². The average molecular weight is 428 g/mol. The Bertz CT molecular complexity index is 1010. The Morgan fingerprint density at radius 3 is 2.29 bits per heavy atom. The van der Waals surface area contributed by atoms with E-state index in [2.05, 4.69) is 0 Å². The molecule has 0 saturated heterocycles. The van der Waals surface area contributed by atoms with Gasteiger partial charge in [0.05, 0.1) is 0 Å². The standard InChI is InChI=1S/C24H23F3N2O2/c25-21-12-9-19(22(26)23(21)27)15-29(14-4-13-28)24(30)18-7-10-20(11-8-18)31-16-17-5-2-1-3-6-17/h1-3,5-12H,4,13-16,28H2. The van der Waals surface area contributed by atoms with Crippen LogP contribution in [0.3, 0.4) is 0 Å². The van der Waals surface area contributed by atoms with Gasteiger partial charge in [-0.15, -0.1) is 0 Å². The molecule has 2 N–H and O–H groups in total. The Labute approximate surface area is 179 Å². The van der Waals surface area contributed by atoms with E-state index in [-0.39, 0.29) is 24.6 Å². The zero-order chi connectivity index (χ0) is 22.2. The fourth-order valence-corrected chi connectivity index (χ4v) is 3.05. The summed E-state index contributed by atoms with van der Waals surface area (Å²) in [5, 5.41) is 0. The normalized spacial score (nSPS) is 10.7. The van der Waals surface area contributed by atoms with E-state index in [0.29, 0.717) is 30.9 Å². The van der Waals surface area contributed by atoms with Crippen LogP contribution in [0.15, 0.2) is 66.7 Å². The van der Waals surface area contributed by atoms with Gasteiger partial charge in [0.1, 0.15) is 12.4 Å². The van der Waals surface area contributed by atoms with Crippen LogP contribution in [0.2, 0.25) is 0 Å². The van der Waals surface area contributed by atoms with Crippen LogP contribution in [0.5, 0.6) is 5.75 Å². The van der Waals surface area contributed by atoms with Crippen molar-refractivity contribution in [3.63, 3.8) is 0 Å². The van der Waals surface area contributed by atoms with E-state index >= 15 is 0 Å². The molecule has 0 atom stereocenters. The highest BCUT2D eigenvalue weighted by atomic mass is 19.2. The van der Waals surface area contributed by atoms with E-state index in [0.717, 1.165) is 17.7 Å². The minimum Gasteiger partial charge on any atom is -0.489 e. The van der Waals surface area contributed by atoms with Gasteiger partial charge in [0.2, 0.25) is 0 Å². The van der Waals surface area contributed by atoms with Crippen LogP contribution < -0.4 is 10.5 Å². The highest BCUT2D eigenvalue weighted by Crippen LogP contribution is 2.20. The average Bonchev–Trinajstić information content (AvgIpc) is 2.81. The number of ether oxygens (including phenoxy) is 1. The van der Waals surface area contributed by atoms with Crippen molar-refractivity contribution < 1.29 is 22.7 Å². The number of halogens is 3. The second kappa shape index (κ2) is 10.6. The molecular formula is C24H23F3N2O2. The van der Waals surface area contributed by atoms with Crippen molar-refractivity contribution >= 4 is 5.91 Å². The molecule has 3 aromatic carbocycles. The lowest BCUT2D eigenvalue weighted by Gasteiger charge is -2.23. The second-order valence-electron chi connectivity index (χ2n) is 7.00. The predicted octanol–water partition coefficient (Wildman–Crippen LogP) is 4.67. The Morgan fingerprint density at radius 2 is 1.61 bits per heavy atom. The number of nitrogens with zero attached hydrogens (tertiary/aromatic N) is 1. The Morgan fingerprint density at radius 1 is 0.903 bits per heavy atom. The van der Waals surface area contributed by atoms with Gasteiger partial charge in [-0.1, -0.05) is 36.4 Å². The van der Waals surface area contributed by atoms with Gasteiger partial charge in [-0.2, -0.15) is 0 Å². The molecule has 0 aliphatic carbocycles. The summed E-state index contributed by atoms with van der Waals surface area (Å²) in [6.45, 7) is 0.774. The van der Waals surface area contributed by atoms with Crippen LogP contribution in [0, 0.1) is 17.5 Å². The van der Waals surface area contributed by atoms with Crippen molar-refractivity contribution in [3.05, 3.63) is 101 Å². The topological polar surface area (TPSA) is 55.6 Å². The van der Waals surface area contributed by atoms with E-state index in [4.69, 9.17) is 10.5 Å². The summed E-state index contributed by atoms with van der Waals surface area (Å²) < 4.78 is 46.6. The lowest BCUT2D eigenvalue weighted by atomic mass is 10.1. The molecule has 0 bridgehead atoms. The smallest absolute Gasteiger partial charge is 0.254 e. The van der Waals surface area contributed by atoms with Crippen LogP contribution in [0.25, 0.3) is 0 Å². The summed E-state index contributed by atoms with van der Waals surface area (Å²) in [7, 11) is 0. The zero-order valence-electron chi connectivity index (χ0n) is 16.9. The third kappa shape index (κ3) is 5.86. The predicted molar refractivity (Wildman–Crippen MR) is 112 cm³/mol. The van der Waals surface area contributed by atoms with Crippen molar-refractivity contribution in [3.8, 4) is 5.75 Å². The molecule has 1 amide bonds. The molecule has 0 radical (unpaired) electrons. The maximum atomic E-state index is 14.1. The molecular weight excluding hydrogens is 405 g/mol. The van der Waals surface area contributed by atoms with Gasteiger partial charge in [0.15, 0.2) is 17.5 Å². The van der Waals surface area contributed by atoms with E-state index < -0.39 is 17.5 Å². The first-order chi connectivity index (χ1) is 15.0. The highest BCUT2D eigenvalue weighted by molar-refractivity contribution is 5.94. The zero-order valence-corrected chi connectivity index (χ0v) is 16.9. The molecule has 0 heterocycles. The third-order valence-corrected chi connectivity index (χ3v) is 4.75. The van der Waals surface area contributed by atoms with E-state index in [1.54, 1.807) is 24.3 Å². The van der Waals surface area contributed by atoms with Gasteiger partial charge in [-0.25, -0.2) is 13.2 Å². The van der Waals surface area contributed by atoms with E-state index in [1.807, 2.05) is 30.3 Å². The Hall–Kier alpha value is -3.32. The first kappa shape index (κ1) is 22.4. The molecule has 3 aromatic rings. The molecule has 0 aliphatic heterocycles. The summed E-state index contributed by atoms with van der Waals surface area (Å²) in [5.74, 6) is -3.89. The number of benzene rings is 3. The largest absolute Gasteiger partial charge is 0.489 e. The molecule has 3 rings (SSSR count). The van der Waals surface area contributed by atoms with Gasteiger partial charge < -0.3 is 15.4 Å². The van der Waals surface area contributed by atoms with Crippen molar-refractivity contribution in [2.45, 2.75) is 19.6 Å². The fraction of sp³-hybridized carbons (Fsp3) is 0.208. The summed E-state index contributed by atoms with van der Waals surface area (Å²) in [6.07, 6.45) is 0.481. The number of hydrogen-bond acceptors (Lipinski definition) is 3. The summed E-state index contributed by atoms with van der Waals surface area (Å²) in [6, 6.07) is 18.2. The van der Waals surface area contributed by atoms with E-state index in [1.165, 1.54) is 4.90 Å². The fourth-order valence-electron chi connectivity index (χ4n) is 3.05. The monoisotopic (exact) mass is 428 g/mol. The minimum atomic E-state index is -1.55. The molecule has 0 unspecified atom stereocenters. The van der Waals surface area contributed by atoms with Gasteiger partial charge in [0, 0.05) is 24.2 Å². The summed E-state index contributed by atoms with van der Waals surface area (Å²) >= 11 is 0. The number of carbonyl (C=O) groups excluding carboxylic acids is 1. The molecule has 7 heteroatoms. The van der Waals surface area contributed by atoms with Gasteiger partial charge >= 0.3 is 0 Å². The number of nitrogens with two attached hydrogens (primary N) is 1. The second-order valence-corrected chi connectivity index (χ2v) is 7.00. The van der Waals surface area contributed by atoms with Gasteiger partial charge in [-0.05, 0) is 48.9 Å².